The Labute approximate surface area is 457 Å². The average molecular weight is 1080 g/mol. The third-order valence-electron chi connectivity index (χ3n) is 17.0. The van der Waals surface area contributed by atoms with Gasteiger partial charge >= 0.3 is 12.1 Å². The molecule has 11 rings (SSSR count). The highest BCUT2D eigenvalue weighted by atomic mass is 19.4. The molecule has 7 aliphatic rings. The number of ether oxygens (including phenoxy) is 2. The largest absolute Gasteiger partial charge is 0.490 e. The monoisotopic (exact) mass is 1080 g/mol. The van der Waals surface area contributed by atoms with Gasteiger partial charge in [-0.1, -0.05) is 18.9 Å². The molecule has 3 amide bonds. The molecular weight excluding hydrogens is 1010 g/mol. The normalized spacial score (nSPS) is 18.1. The van der Waals surface area contributed by atoms with Gasteiger partial charge in [0.1, 0.15) is 42.0 Å². The van der Waals surface area contributed by atoms with Crippen LogP contribution in [0.3, 0.4) is 0 Å². The van der Waals surface area contributed by atoms with Crippen LogP contribution in [0, 0.1) is 5.41 Å². The van der Waals surface area contributed by atoms with E-state index in [1.165, 1.54) is 38.2 Å². The van der Waals surface area contributed by atoms with E-state index in [2.05, 4.69) is 37.1 Å². The van der Waals surface area contributed by atoms with E-state index >= 15 is 0 Å². The Bertz CT molecular complexity index is 3290. The second kappa shape index (κ2) is 22.9. The zero-order chi connectivity index (χ0) is 55.0. The molecule has 7 heterocycles. The predicted molar refractivity (Wildman–Crippen MR) is 294 cm³/mol. The van der Waals surface area contributed by atoms with E-state index in [1.807, 2.05) is 0 Å². The molecule has 0 unspecified atom stereocenters. The van der Waals surface area contributed by atoms with Crippen molar-refractivity contribution in [1.82, 2.24) is 25.0 Å². The Balaban J connectivity index is 0.681. The lowest BCUT2D eigenvalue weighted by Gasteiger charge is -2.35. The van der Waals surface area contributed by atoms with Crippen molar-refractivity contribution < 1.29 is 46.9 Å². The van der Waals surface area contributed by atoms with Crippen molar-refractivity contribution in [2.24, 2.45) is 5.73 Å². The number of nitrogens with zero attached hydrogens (tertiary/aromatic N) is 4. The van der Waals surface area contributed by atoms with Crippen molar-refractivity contribution in [3.8, 4) is 17.2 Å². The molecule has 0 bridgehead atoms. The number of halogens is 3. The molecule has 4 aromatic carbocycles. The van der Waals surface area contributed by atoms with E-state index in [0.717, 1.165) is 155 Å². The summed E-state index contributed by atoms with van der Waals surface area (Å²) in [5.74, 6) is -0.719. The predicted octanol–water partition coefficient (Wildman–Crippen LogP) is 6.82. The van der Waals surface area contributed by atoms with Crippen LogP contribution in [0.25, 0.3) is 5.57 Å². The van der Waals surface area contributed by atoms with Gasteiger partial charge in [0.2, 0.25) is 11.3 Å². The van der Waals surface area contributed by atoms with Crippen LogP contribution >= 0.6 is 0 Å². The number of nitrogens with one attached hydrogen (secondary N) is 3. The summed E-state index contributed by atoms with van der Waals surface area (Å²) < 4.78 is 57.0. The highest BCUT2D eigenvalue weighted by molar-refractivity contribution is 6.03. The Morgan fingerprint density at radius 1 is 0.772 bits per heavy atom. The van der Waals surface area contributed by atoms with Crippen LogP contribution < -0.4 is 45.9 Å². The lowest BCUT2D eigenvalue weighted by molar-refractivity contribution is -0.128. The van der Waals surface area contributed by atoms with E-state index in [0.29, 0.717) is 62.1 Å². The summed E-state index contributed by atoms with van der Waals surface area (Å²) in [6, 6.07) is 14.9. The average Bonchev–Trinajstić information content (AvgIpc) is 3.65. The molecule has 0 atom stereocenters. The number of allylic oxidation sites excluding steroid dienone is 1. The third kappa shape index (κ3) is 11.1. The molecule has 1 saturated heterocycles. The van der Waals surface area contributed by atoms with Crippen molar-refractivity contribution in [3.05, 3.63) is 126 Å². The number of amides is 3. The first-order valence-electron chi connectivity index (χ1n) is 28.5. The van der Waals surface area contributed by atoms with Gasteiger partial charge in [0.25, 0.3) is 11.8 Å². The number of carbonyl (C=O) groups excluding carboxylic acids is 3. The van der Waals surface area contributed by atoms with Crippen molar-refractivity contribution in [2.45, 2.75) is 128 Å². The number of aryl methyl sites for hydroxylation is 2. The number of alkyl halides is 3. The molecule has 6 N–H and O–H groups in total. The van der Waals surface area contributed by atoms with E-state index in [9.17, 15) is 37.5 Å². The zero-order valence-electron chi connectivity index (χ0n) is 44.8. The van der Waals surface area contributed by atoms with E-state index in [-0.39, 0.29) is 43.1 Å². The number of rotatable bonds is 17. The minimum atomic E-state index is -4.99. The Kier molecular flexibility index (Phi) is 15.6. The van der Waals surface area contributed by atoms with Gasteiger partial charge in [-0.3, -0.25) is 19.3 Å². The number of unbranched alkanes of at least 4 members (excludes halogenated alkanes) is 3. The van der Waals surface area contributed by atoms with Crippen LogP contribution in [0.15, 0.2) is 59.8 Å². The number of anilines is 1. The summed E-state index contributed by atoms with van der Waals surface area (Å²) in [6.45, 7) is 6.83. The number of hydrogen-bond acceptors (Lipinski definition) is 10. The van der Waals surface area contributed by atoms with Crippen LogP contribution in [0.2, 0.25) is 0 Å². The first-order valence-corrected chi connectivity index (χ1v) is 28.5. The summed E-state index contributed by atoms with van der Waals surface area (Å²) in [5, 5.41) is 26.8. The number of benzene rings is 4. The second-order valence-electron chi connectivity index (χ2n) is 22.3. The first kappa shape index (κ1) is 53.8. The van der Waals surface area contributed by atoms with Crippen molar-refractivity contribution >= 4 is 41.2 Å². The van der Waals surface area contributed by atoms with Gasteiger partial charge in [-0.05, 0) is 142 Å². The maximum Gasteiger partial charge on any atom is 0.423 e. The Morgan fingerprint density at radius 2 is 1.51 bits per heavy atom. The molecule has 416 valence electrons. The summed E-state index contributed by atoms with van der Waals surface area (Å²) in [6.07, 6.45) is 10.2. The summed E-state index contributed by atoms with van der Waals surface area (Å²) >= 11 is 0. The van der Waals surface area contributed by atoms with Crippen molar-refractivity contribution in [3.63, 3.8) is 0 Å². The van der Waals surface area contributed by atoms with Gasteiger partial charge in [0.05, 0.1) is 23.4 Å². The number of carboxylic acid groups (broad SMARTS) is 1. The molecule has 1 fully saturated rings. The standard InChI is InChI=1S/C61H69F3N8O7/c62-61(63,64)53(58(66)74)50(33-65)72-34-40-15-17-43(29-41(40)35-72)78-42-19-27-69(28-20-42)36-51(73)67-21-5-1-2-6-22-68-59(75)39-16-18-44(60(76)77)47(32-39)52-48-30-37-11-3-7-23-70-25-9-13-45(54(37)70)56(48)79-57-46-14-10-26-71-24-8-4-12-38(55(46)71)31-49(52)57/h15-18,29-33,42,65H,1-14,19-28,34-36H2,(H4-,66,67,68,73,74,75,76,77)/p+1/b53-50-,65-33?. The number of likely N-dealkylation sites (tertiary alicyclic amines) is 1. The topological polar surface area (TPSA) is 194 Å². The lowest BCUT2D eigenvalue weighted by atomic mass is 9.82. The van der Waals surface area contributed by atoms with Crippen LogP contribution in [-0.2, 0) is 48.4 Å². The number of carbonyl (C=O) groups is 4. The molecular formula is C61H70F3N8O7+. The summed E-state index contributed by atoms with van der Waals surface area (Å²) in [4.78, 5) is 57.8. The maximum absolute atomic E-state index is 14.0. The van der Waals surface area contributed by atoms with E-state index < -0.39 is 29.3 Å². The van der Waals surface area contributed by atoms with Gasteiger partial charge in [-0.15, -0.1) is 0 Å². The first-order chi connectivity index (χ1) is 38.2. The Hall–Kier alpha value is -7.21. The minimum Gasteiger partial charge on any atom is -0.490 e. The molecule has 0 aromatic heterocycles. The van der Waals surface area contributed by atoms with Gasteiger partial charge < -0.3 is 46.2 Å². The number of nitrogens with two attached hydrogens (primary N) is 1. The third-order valence-corrected chi connectivity index (χ3v) is 17.0. The SMILES string of the molecule is N=C/C(=C(\C(N)=O)C(F)(F)F)N1Cc2ccc(OC3CCN(CC(=O)NCCCCCCNC(=O)c4ccc(C(=O)O)c(C5=c6cc7c8c(c6Oc6c5cc5c9c6CCCN9CCCC5)CCC[N+]=8CCCC7)c4)CC3)cc2C1. The number of aromatic carboxylic acids is 1. The number of piperidine rings is 1. The molecule has 0 spiro atoms. The smallest absolute Gasteiger partial charge is 0.423 e. The molecule has 7 aliphatic heterocycles. The highest BCUT2D eigenvalue weighted by Crippen LogP contribution is 2.49. The van der Waals surface area contributed by atoms with Gasteiger partial charge in [-0.2, -0.15) is 13.2 Å². The van der Waals surface area contributed by atoms with E-state index in [4.69, 9.17) is 20.6 Å². The molecule has 0 saturated carbocycles. The Morgan fingerprint density at radius 3 is 2.28 bits per heavy atom. The fourth-order valence-corrected chi connectivity index (χ4v) is 13.3. The molecule has 0 aliphatic carbocycles. The molecule has 0 radical (unpaired) electrons. The fourth-order valence-electron chi connectivity index (χ4n) is 13.3. The number of carboxylic acids is 1. The van der Waals surface area contributed by atoms with Crippen LogP contribution in [0.5, 0.6) is 17.2 Å². The second-order valence-corrected chi connectivity index (χ2v) is 22.3. The van der Waals surface area contributed by atoms with Gasteiger partial charge in [0.15, 0.2) is 0 Å². The van der Waals surface area contributed by atoms with E-state index in [1.54, 1.807) is 36.4 Å². The number of primary amides is 1. The summed E-state index contributed by atoms with van der Waals surface area (Å²) in [5.41, 5.74) is 13.6. The summed E-state index contributed by atoms with van der Waals surface area (Å²) in [7, 11) is 0. The number of hydrogen-bond donors (Lipinski definition) is 5. The maximum atomic E-state index is 14.0. The zero-order valence-corrected chi connectivity index (χ0v) is 44.8. The quantitative estimate of drug-likeness (QED) is 0.0286. The molecule has 18 heteroatoms. The molecule has 4 aromatic rings. The highest BCUT2D eigenvalue weighted by Gasteiger charge is 2.42. The van der Waals surface area contributed by atoms with Gasteiger partial charge in [0, 0.05) is 110 Å². The molecule has 79 heavy (non-hydrogen) atoms. The fraction of sp³-hybridized carbons (Fsp3) is 0.475. The van der Waals surface area contributed by atoms with Crippen molar-refractivity contribution in [2.75, 3.05) is 63.8 Å². The minimum absolute atomic E-state index is 0.0514. The van der Waals surface area contributed by atoms with Crippen LogP contribution in [-0.4, -0.2) is 116 Å². The van der Waals surface area contributed by atoms with Crippen molar-refractivity contribution in [1.29, 1.82) is 5.41 Å². The molecule has 15 nitrogen and oxygen atoms in total. The lowest BCUT2D eigenvalue weighted by Crippen LogP contribution is -2.43. The van der Waals surface area contributed by atoms with Crippen LogP contribution in [0.4, 0.5) is 18.9 Å². The van der Waals surface area contributed by atoms with Crippen LogP contribution in [0.1, 0.15) is 142 Å². The number of fused-ring (bicyclic) bond motifs is 5. The van der Waals surface area contributed by atoms with Gasteiger partial charge in [-0.25, -0.2) is 9.37 Å².